The molecule has 0 aliphatic carbocycles. The molecule has 0 aliphatic rings. The number of carbonyl (C=O) groups is 2. The molecule has 0 saturated carbocycles. The number of amides is 1. The zero-order valence-electron chi connectivity index (χ0n) is 12.6. The number of carbonyl (C=O) groups excluding carboxylic acids is 2. The number of hydrogen-bond donors (Lipinski definition) is 0. The summed E-state index contributed by atoms with van der Waals surface area (Å²) in [6.07, 6.45) is 1.61. The van der Waals surface area contributed by atoms with E-state index in [0.717, 1.165) is 6.08 Å². The van der Waals surface area contributed by atoms with E-state index in [1.54, 1.807) is 12.1 Å². The van der Waals surface area contributed by atoms with Crippen LogP contribution in [0.25, 0.3) is 0 Å². The minimum atomic E-state index is -1.45. The number of carboxylic acids is 1. The van der Waals surface area contributed by atoms with Crippen LogP contribution in [-0.2, 0) is 16.1 Å². The second kappa shape index (κ2) is 6.84. The Morgan fingerprint density at radius 2 is 1.73 bits per heavy atom. The molecule has 22 heavy (non-hydrogen) atoms. The maximum Gasteiger partial charge on any atom is 0.269 e. The molecule has 0 heterocycles. The van der Waals surface area contributed by atoms with E-state index in [9.17, 15) is 24.8 Å². The first-order valence-corrected chi connectivity index (χ1v) is 6.55. The van der Waals surface area contributed by atoms with Crippen LogP contribution in [0.2, 0.25) is 0 Å². The summed E-state index contributed by atoms with van der Waals surface area (Å²) in [4.78, 5) is 34.1. The Balaban J connectivity index is 2.97. The van der Waals surface area contributed by atoms with E-state index >= 15 is 0 Å². The molecule has 1 aromatic carbocycles. The summed E-state index contributed by atoms with van der Waals surface area (Å²) in [5.41, 5.74) is 0.125. The number of rotatable bonds is 5. The van der Waals surface area contributed by atoms with Crippen LogP contribution in [0.5, 0.6) is 0 Å². The van der Waals surface area contributed by atoms with Gasteiger partial charge in [-0.3, -0.25) is 14.9 Å². The van der Waals surface area contributed by atoms with Crippen molar-refractivity contribution >= 4 is 17.6 Å². The molecule has 0 bridgehead atoms. The number of hydrogen-bond acceptors (Lipinski definition) is 5. The lowest BCUT2D eigenvalue weighted by atomic mass is 10.0. The predicted molar refractivity (Wildman–Crippen MR) is 77.5 cm³/mol. The lowest BCUT2D eigenvalue weighted by molar-refractivity contribution is -0.384. The van der Waals surface area contributed by atoms with Crippen LogP contribution in [0.15, 0.2) is 36.4 Å². The highest BCUT2D eigenvalue weighted by Gasteiger charge is 2.25. The van der Waals surface area contributed by atoms with E-state index in [1.807, 2.05) is 20.8 Å². The zero-order valence-corrected chi connectivity index (χ0v) is 12.6. The molecular weight excluding hydrogens is 288 g/mol. The Morgan fingerprint density at radius 3 is 2.14 bits per heavy atom. The first-order valence-electron chi connectivity index (χ1n) is 6.55. The Morgan fingerprint density at radius 1 is 1.18 bits per heavy atom. The highest BCUT2D eigenvalue weighted by molar-refractivity contribution is 5.93. The minimum absolute atomic E-state index is 0.0331. The lowest BCUT2D eigenvalue weighted by Crippen LogP contribution is -2.44. The average molecular weight is 305 g/mol. The van der Waals surface area contributed by atoms with Gasteiger partial charge in [0.05, 0.1) is 10.9 Å². The molecule has 0 radical (unpaired) electrons. The highest BCUT2D eigenvalue weighted by atomic mass is 16.6. The summed E-state index contributed by atoms with van der Waals surface area (Å²) in [5.74, 6) is -1.92. The fraction of sp³-hybridized carbons (Fsp3) is 0.333. The fourth-order valence-electron chi connectivity index (χ4n) is 1.78. The smallest absolute Gasteiger partial charge is 0.269 e. The van der Waals surface area contributed by atoms with Gasteiger partial charge in [-0.2, -0.15) is 0 Å². The average Bonchev–Trinajstić information content (AvgIpc) is 2.41. The normalized spacial score (nSPS) is 11.4. The molecule has 0 saturated heterocycles. The Hall–Kier alpha value is -2.70. The molecule has 0 aliphatic heterocycles. The second-order valence-electron chi connectivity index (χ2n) is 5.67. The molecular formula is C15H17N2O5-. The quantitative estimate of drug-likeness (QED) is 0.459. The van der Waals surface area contributed by atoms with Crippen molar-refractivity contribution < 1.29 is 19.6 Å². The van der Waals surface area contributed by atoms with Crippen LogP contribution in [0.4, 0.5) is 5.69 Å². The number of aliphatic carboxylic acids is 1. The third-order valence-electron chi connectivity index (χ3n) is 2.93. The van der Waals surface area contributed by atoms with E-state index in [1.165, 1.54) is 17.0 Å². The van der Waals surface area contributed by atoms with Crippen molar-refractivity contribution in [1.29, 1.82) is 0 Å². The third-order valence-corrected chi connectivity index (χ3v) is 2.93. The van der Waals surface area contributed by atoms with Gasteiger partial charge in [-0.1, -0.05) is 12.1 Å². The summed E-state index contributed by atoms with van der Waals surface area (Å²) in [5, 5.41) is 21.0. The largest absolute Gasteiger partial charge is 0.545 e. The number of nitro groups is 1. The van der Waals surface area contributed by atoms with Crippen LogP contribution in [-0.4, -0.2) is 27.2 Å². The van der Waals surface area contributed by atoms with Crippen LogP contribution in [0.1, 0.15) is 26.3 Å². The van der Waals surface area contributed by atoms with E-state index in [0.29, 0.717) is 11.6 Å². The van der Waals surface area contributed by atoms with Gasteiger partial charge in [0.1, 0.15) is 0 Å². The van der Waals surface area contributed by atoms with Crippen LogP contribution in [0, 0.1) is 10.1 Å². The number of nitro benzene ring substituents is 1. The summed E-state index contributed by atoms with van der Waals surface area (Å²) >= 11 is 0. The maximum absolute atomic E-state index is 12.1. The molecule has 0 N–H and O–H groups in total. The molecule has 7 heteroatoms. The van der Waals surface area contributed by atoms with Crippen molar-refractivity contribution in [3.8, 4) is 0 Å². The van der Waals surface area contributed by atoms with Gasteiger partial charge >= 0.3 is 0 Å². The molecule has 1 rings (SSSR count). The third kappa shape index (κ3) is 5.01. The SMILES string of the molecule is CC(C)(C)N(Cc1ccc([N+](=O)[O-])cc1)C(=O)/C=C/C(=O)[O-]. The topological polar surface area (TPSA) is 104 Å². The van der Waals surface area contributed by atoms with Gasteiger partial charge in [-0.15, -0.1) is 0 Å². The van der Waals surface area contributed by atoms with E-state index in [4.69, 9.17) is 0 Å². The van der Waals surface area contributed by atoms with Crippen LogP contribution in [0.3, 0.4) is 0 Å². The van der Waals surface area contributed by atoms with Gasteiger partial charge in [0.25, 0.3) is 5.69 Å². The summed E-state index contributed by atoms with van der Waals surface area (Å²) in [6, 6.07) is 5.84. The molecule has 0 aromatic heterocycles. The van der Waals surface area contributed by atoms with Gasteiger partial charge in [0, 0.05) is 30.3 Å². The summed E-state index contributed by atoms with van der Waals surface area (Å²) in [7, 11) is 0. The first-order chi connectivity index (χ1) is 10.1. The summed E-state index contributed by atoms with van der Waals surface area (Å²) in [6.45, 7) is 5.63. The van der Waals surface area contributed by atoms with Gasteiger partial charge in [-0.25, -0.2) is 0 Å². The van der Waals surface area contributed by atoms with Gasteiger partial charge < -0.3 is 14.8 Å². The Labute approximate surface area is 128 Å². The molecule has 0 unspecified atom stereocenters. The van der Waals surface area contributed by atoms with Crippen molar-refractivity contribution in [3.05, 3.63) is 52.1 Å². The molecule has 0 spiro atoms. The van der Waals surface area contributed by atoms with Crippen LogP contribution >= 0.6 is 0 Å². The second-order valence-corrected chi connectivity index (χ2v) is 5.67. The fourth-order valence-corrected chi connectivity index (χ4v) is 1.78. The number of benzene rings is 1. The van der Waals surface area contributed by atoms with Gasteiger partial charge in [-0.05, 0) is 32.4 Å². The zero-order chi connectivity index (χ0) is 16.9. The minimum Gasteiger partial charge on any atom is -0.545 e. The molecule has 118 valence electrons. The van der Waals surface area contributed by atoms with Crippen molar-refractivity contribution in [2.24, 2.45) is 0 Å². The molecule has 1 amide bonds. The lowest BCUT2D eigenvalue weighted by Gasteiger charge is -2.35. The van der Waals surface area contributed by atoms with Crippen molar-refractivity contribution in [2.75, 3.05) is 0 Å². The maximum atomic E-state index is 12.1. The molecule has 7 nitrogen and oxygen atoms in total. The van der Waals surface area contributed by atoms with E-state index < -0.39 is 22.3 Å². The molecule has 0 fully saturated rings. The standard InChI is InChI=1S/C15H18N2O5/c1-15(2,3)16(13(18)8-9-14(19)20)10-11-4-6-12(7-5-11)17(21)22/h4-9H,10H2,1-3H3,(H,19,20)/p-1/b9-8+. The van der Waals surface area contributed by atoms with Crippen molar-refractivity contribution in [3.63, 3.8) is 0 Å². The Bertz CT molecular complexity index is 599. The van der Waals surface area contributed by atoms with Crippen molar-refractivity contribution in [1.82, 2.24) is 4.90 Å². The number of nitrogens with zero attached hydrogens (tertiary/aromatic N) is 2. The Kier molecular flexibility index (Phi) is 5.39. The van der Waals surface area contributed by atoms with E-state index in [-0.39, 0.29) is 12.2 Å². The molecule has 1 aromatic rings. The molecule has 0 atom stereocenters. The van der Waals surface area contributed by atoms with E-state index in [2.05, 4.69) is 0 Å². The monoisotopic (exact) mass is 305 g/mol. The van der Waals surface area contributed by atoms with Crippen LogP contribution < -0.4 is 5.11 Å². The first kappa shape index (κ1) is 17.4. The predicted octanol–water partition coefficient (Wildman–Crippen LogP) is 1.03. The van der Waals surface area contributed by atoms with Crippen molar-refractivity contribution in [2.45, 2.75) is 32.9 Å². The van der Waals surface area contributed by atoms with Gasteiger partial charge in [0.2, 0.25) is 5.91 Å². The number of carboxylic acid groups (broad SMARTS) is 1. The van der Waals surface area contributed by atoms with Gasteiger partial charge in [0.15, 0.2) is 0 Å². The highest BCUT2D eigenvalue weighted by Crippen LogP contribution is 2.20. The number of non-ortho nitro benzene ring substituents is 1. The summed E-state index contributed by atoms with van der Waals surface area (Å²) < 4.78 is 0.